The molecule has 160 valence electrons. The fourth-order valence-corrected chi connectivity index (χ4v) is 5.05. The smallest absolute Gasteiger partial charge is 0.365 e. The van der Waals surface area contributed by atoms with Crippen molar-refractivity contribution in [1.82, 2.24) is 0 Å². The first-order valence-electron chi connectivity index (χ1n) is 8.94. The van der Waals surface area contributed by atoms with E-state index < -0.39 is 65.0 Å². The monoisotopic (exact) mass is 430 g/mol. The number of ether oxygens (including phenoxy) is 2. The van der Waals surface area contributed by atoms with Crippen molar-refractivity contribution in [2.45, 2.75) is 50.4 Å². The van der Waals surface area contributed by atoms with E-state index in [0.717, 1.165) is 12.1 Å². The maximum Gasteiger partial charge on any atom is 0.407 e. The number of carbonyl (C=O) groups excluding carboxylic acids is 2. The summed E-state index contributed by atoms with van der Waals surface area (Å²) in [6.07, 6.45) is -6.09. The molecular formula is C19H15F5N2O4. The fraction of sp³-hybridized carbons (Fsp3) is 0.526. The first-order chi connectivity index (χ1) is 13.8. The molecule has 3 aliphatic heterocycles. The number of hydrogen-bond acceptors (Lipinski definition) is 4. The number of benzene rings is 1. The molecule has 3 aliphatic rings. The molecule has 3 saturated heterocycles. The quantitative estimate of drug-likeness (QED) is 0.414. The van der Waals surface area contributed by atoms with Crippen LogP contribution in [0.25, 0.3) is 4.85 Å². The van der Waals surface area contributed by atoms with Crippen LogP contribution in [0, 0.1) is 18.4 Å². The molecule has 0 aromatic heterocycles. The molecule has 0 saturated carbocycles. The lowest BCUT2D eigenvalue weighted by Gasteiger charge is -2.34. The number of amides is 2. The first-order valence-corrected chi connectivity index (χ1v) is 8.94. The van der Waals surface area contributed by atoms with Gasteiger partial charge in [-0.15, -0.1) is 0 Å². The highest BCUT2D eigenvalue weighted by molar-refractivity contribution is 6.23. The fourth-order valence-electron chi connectivity index (χ4n) is 5.05. The molecule has 2 amide bonds. The molecule has 1 aromatic carbocycles. The van der Waals surface area contributed by atoms with Gasteiger partial charge in [-0.1, -0.05) is 6.07 Å². The maximum absolute atomic E-state index is 13.3. The molecule has 5 atom stereocenters. The van der Waals surface area contributed by atoms with Gasteiger partial charge in [-0.3, -0.25) is 9.59 Å². The molecule has 3 fully saturated rings. The molecule has 30 heavy (non-hydrogen) atoms. The summed E-state index contributed by atoms with van der Waals surface area (Å²) in [5.41, 5.74) is -5.08. The topological polar surface area (TPSA) is 60.2 Å². The number of carbonyl (C=O) groups is 2. The average molecular weight is 430 g/mol. The van der Waals surface area contributed by atoms with Crippen molar-refractivity contribution >= 4 is 23.2 Å². The van der Waals surface area contributed by atoms with Crippen molar-refractivity contribution in [3.8, 4) is 0 Å². The van der Waals surface area contributed by atoms with Gasteiger partial charge < -0.3 is 9.47 Å². The summed E-state index contributed by atoms with van der Waals surface area (Å²) in [7, 11) is 0. The van der Waals surface area contributed by atoms with Crippen LogP contribution in [0.2, 0.25) is 0 Å². The molecule has 0 radical (unpaired) electrons. The zero-order valence-corrected chi connectivity index (χ0v) is 15.7. The van der Waals surface area contributed by atoms with Crippen LogP contribution in [-0.4, -0.2) is 35.7 Å². The third kappa shape index (κ3) is 2.66. The zero-order chi connectivity index (χ0) is 22.2. The van der Waals surface area contributed by atoms with Gasteiger partial charge in [0.15, 0.2) is 5.69 Å². The van der Waals surface area contributed by atoms with Crippen LogP contribution in [0.1, 0.15) is 25.8 Å². The van der Waals surface area contributed by atoms with Gasteiger partial charge in [-0.05, 0) is 26.0 Å². The van der Waals surface area contributed by atoms with E-state index in [1.807, 2.05) is 0 Å². The number of anilines is 1. The number of hydrogen-bond donors (Lipinski definition) is 0. The predicted octanol–water partition coefficient (Wildman–Crippen LogP) is 3.92. The van der Waals surface area contributed by atoms with E-state index in [4.69, 9.17) is 11.3 Å². The Labute approximate surface area is 167 Å². The standard InChI is InChI=1S/C19H15F5N2O4/c1-17-7-11(29-16(20)21)18(2,30-17)13-12(17)14(27)26(15(13)28)8-4-5-10(25-3)9(6-8)19(22,23)24/h4-6,11-13,16H,7H2,1-2H3/t11-,12-,13+,17?,18?/m1/s1. The van der Waals surface area contributed by atoms with Gasteiger partial charge in [0.1, 0.15) is 5.60 Å². The molecule has 2 unspecified atom stereocenters. The van der Waals surface area contributed by atoms with E-state index in [1.165, 1.54) is 13.8 Å². The van der Waals surface area contributed by atoms with Crippen LogP contribution < -0.4 is 4.90 Å². The Hall–Kier alpha value is -2.58. The molecule has 2 bridgehead atoms. The number of alkyl halides is 5. The average Bonchev–Trinajstić information content (AvgIpc) is 3.14. The van der Waals surface area contributed by atoms with Crippen molar-refractivity contribution in [2.75, 3.05) is 4.90 Å². The Morgan fingerprint density at radius 1 is 1.23 bits per heavy atom. The minimum Gasteiger partial charge on any atom is -0.365 e. The van der Waals surface area contributed by atoms with E-state index in [-0.39, 0.29) is 12.1 Å². The molecule has 3 heterocycles. The van der Waals surface area contributed by atoms with E-state index in [0.29, 0.717) is 11.0 Å². The molecule has 0 spiro atoms. The van der Waals surface area contributed by atoms with Crippen molar-refractivity contribution in [2.24, 2.45) is 11.8 Å². The van der Waals surface area contributed by atoms with Crippen molar-refractivity contribution in [3.63, 3.8) is 0 Å². The molecule has 11 heteroatoms. The lowest BCUT2D eigenvalue weighted by Crippen LogP contribution is -2.50. The van der Waals surface area contributed by atoms with Gasteiger partial charge in [-0.2, -0.15) is 22.0 Å². The number of nitrogens with zero attached hydrogens (tertiary/aromatic N) is 2. The van der Waals surface area contributed by atoms with Gasteiger partial charge >= 0.3 is 12.8 Å². The van der Waals surface area contributed by atoms with E-state index >= 15 is 0 Å². The number of halogens is 5. The van der Waals surface area contributed by atoms with Crippen LogP contribution in [0.3, 0.4) is 0 Å². The third-order valence-electron chi connectivity index (χ3n) is 6.20. The van der Waals surface area contributed by atoms with E-state index in [9.17, 15) is 31.5 Å². The Morgan fingerprint density at radius 2 is 1.87 bits per heavy atom. The SMILES string of the molecule is [C-]#[N+]c1ccc(N2C(=O)[C@@H]3[C@H](C2=O)C2(C)C[C@@H](OC(F)F)C3(C)O2)cc1C(F)(F)F. The molecule has 0 N–H and O–H groups in total. The van der Waals surface area contributed by atoms with E-state index in [1.54, 1.807) is 0 Å². The van der Waals surface area contributed by atoms with Crippen LogP contribution in [0.4, 0.5) is 33.3 Å². The number of fused-ring (bicyclic) bond motifs is 5. The highest BCUT2D eigenvalue weighted by Gasteiger charge is 2.76. The minimum absolute atomic E-state index is 0.0632. The van der Waals surface area contributed by atoms with Gasteiger partial charge in [0.25, 0.3) is 0 Å². The summed E-state index contributed by atoms with van der Waals surface area (Å²) in [5, 5.41) is 0. The summed E-state index contributed by atoms with van der Waals surface area (Å²) in [5.74, 6) is -3.83. The lowest BCUT2D eigenvalue weighted by atomic mass is 9.67. The summed E-state index contributed by atoms with van der Waals surface area (Å²) in [6, 6.07) is 2.54. The number of imide groups is 1. The second-order valence-electron chi connectivity index (χ2n) is 7.97. The first kappa shape index (κ1) is 20.7. The Balaban J connectivity index is 1.76. The Morgan fingerprint density at radius 3 is 2.43 bits per heavy atom. The van der Waals surface area contributed by atoms with Crippen LogP contribution in [0.15, 0.2) is 18.2 Å². The summed E-state index contributed by atoms with van der Waals surface area (Å²) >= 11 is 0. The van der Waals surface area contributed by atoms with Crippen molar-refractivity contribution < 1.29 is 41.0 Å². The van der Waals surface area contributed by atoms with Crippen LogP contribution in [-0.2, 0) is 25.2 Å². The van der Waals surface area contributed by atoms with Crippen molar-refractivity contribution in [3.05, 3.63) is 35.2 Å². The molecule has 0 aliphatic carbocycles. The number of rotatable bonds is 3. The Bertz CT molecular complexity index is 990. The molecule has 1 aromatic rings. The predicted molar refractivity (Wildman–Crippen MR) is 90.6 cm³/mol. The van der Waals surface area contributed by atoms with Gasteiger partial charge in [-0.25, -0.2) is 9.74 Å². The second kappa shape index (κ2) is 6.21. The van der Waals surface area contributed by atoms with Gasteiger partial charge in [0.05, 0.1) is 35.7 Å². The summed E-state index contributed by atoms with van der Waals surface area (Å²) in [6.45, 7) is 6.69. The second-order valence-corrected chi connectivity index (χ2v) is 7.97. The summed E-state index contributed by atoms with van der Waals surface area (Å²) in [4.78, 5) is 29.7. The van der Waals surface area contributed by atoms with Gasteiger partial charge in [0.2, 0.25) is 11.8 Å². The highest BCUT2D eigenvalue weighted by atomic mass is 19.4. The summed E-state index contributed by atoms with van der Waals surface area (Å²) < 4.78 is 76.0. The molecule has 6 nitrogen and oxygen atoms in total. The van der Waals surface area contributed by atoms with Gasteiger partial charge in [0, 0.05) is 12.1 Å². The third-order valence-corrected chi connectivity index (χ3v) is 6.20. The normalized spacial score (nSPS) is 35.3. The maximum atomic E-state index is 13.3. The highest BCUT2D eigenvalue weighted by Crippen LogP contribution is 2.62. The largest absolute Gasteiger partial charge is 0.407 e. The van der Waals surface area contributed by atoms with Crippen LogP contribution >= 0.6 is 0 Å². The van der Waals surface area contributed by atoms with Crippen LogP contribution in [0.5, 0.6) is 0 Å². The lowest BCUT2D eigenvalue weighted by molar-refractivity contribution is -0.200. The Kier molecular flexibility index (Phi) is 4.28. The van der Waals surface area contributed by atoms with E-state index in [2.05, 4.69) is 9.58 Å². The zero-order valence-electron chi connectivity index (χ0n) is 15.7. The molecular weight excluding hydrogens is 415 g/mol. The minimum atomic E-state index is -4.87. The van der Waals surface area contributed by atoms with Crippen molar-refractivity contribution in [1.29, 1.82) is 0 Å². The molecule has 4 rings (SSSR count).